The minimum Gasteiger partial charge on any atom is -0.479 e. The molecule has 0 saturated carbocycles. The van der Waals surface area contributed by atoms with Crippen LogP contribution in [0, 0.1) is 6.92 Å². The molecule has 1 atom stereocenters. The van der Waals surface area contributed by atoms with Crippen LogP contribution in [0.3, 0.4) is 0 Å². The lowest BCUT2D eigenvalue weighted by Crippen LogP contribution is -2.26. The summed E-state index contributed by atoms with van der Waals surface area (Å²) in [5.74, 6) is 0.0626. The van der Waals surface area contributed by atoms with Gasteiger partial charge in [0, 0.05) is 17.0 Å². The summed E-state index contributed by atoms with van der Waals surface area (Å²) in [5.41, 5.74) is 2.41. The molecular weight excluding hydrogens is 344 g/mol. The predicted octanol–water partition coefficient (Wildman–Crippen LogP) is 4.49. The van der Waals surface area contributed by atoms with Crippen LogP contribution < -0.4 is 10.4 Å². The maximum atomic E-state index is 12.1. The van der Waals surface area contributed by atoms with E-state index in [9.17, 15) is 9.59 Å². The molecule has 0 radical (unpaired) electrons. The molecule has 3 aromatic rings. The van der Waals surface area contributed by atoms with Gasteiger partial charge in [-0.05, 0) is 43.5 Å². The molecule has 0 aliphatic heterocycles. The highest BCUT2D eigenvalue weighted by Crippen LogP contribution is 2.33. The second-order valence-corrected chi connectivity index (χ2v) is 6.34. The Morgan fingerprint density at radius 3 is 2.59 bits per heavy atom. The minimum atomic E-state index is -0.753. The van der Waals surface area contributed by atoms with E-state index in [4.69, 9.17) is 13.9 Å². The molecule has 0 unspecified atom stereocenters. The van der Waals surface area contributed by atoms with Gasteiger partial charge in [0.1, 0.15) is 11.3 Å². The molecule has 27 heavy (non-hydrogen) atoms. The average Bonchev–Trinajstić information content (AvgIpc) is 2.68. The van der Waals surface area contributed by atoms with Crippen LogP contribution in [0.15, 0.2) is 57.7 Å². The fourth-order valence-corrected chi connectivity index (χ4v) is 2.89. The van der Waals surface area contributed by atoms with E-state index in [2.05, 4.69) is 0 Å². The van der Waals surface area contributed by atoms with Crippen molar-refractivity contribution in [2.75, 3.05) is 6.61 Å². The first kappa shape index (κ1) is 18.7. The summed E-state index contributed by atoms with van der Waals surface area (Å²) < 4.78 is 16.3. The molecule has 2 aromatic carbocycles. The lowest BCUT2D eigenvalue weighted by Gasteiger charge is -2.16. The Morgan fingerprint density at radius 2 is 1.89 bits per heavy atom. The van der Waals surface area contributed by atoms with E-state index >= 15 is 0 Å². The quantitative estimate of drug-likeness (QED) is 0.475. The molecule has 1 heterocycles. The summed E-state index contributed by atoms with van der Waals surface area (Å²) >= 11 is 0. The molecule has 5 nitrogen and oxygen atoms in total. The first-order valence-corrected chi connectivity index (χ1v) is 8.97. The largest absolute Gasteiger partial charge is 0.479 e. The monoisotopic (exact) mass is 366 g/mol. The molecule has 1 aromatic heterocycles. The van der Waals surface area contributed by atoms with Crippen molar-refractivity contribution in [1.82, 2.24) is 0 Å². The number of rotatable bonds is 6. The molecule has 0 N–H and O–H groups in total. The van der Waals surface area contributed by atoms with E-state index in [0.29, 0.717) is 23.5 Å². The SMILES string of the molecule is CCCOC(=O)[C@H](C)Oc1ccc2c(-c3ccccc3)cc(=O)oc2c1C. The zero-order valence-corrected chi connectivity index (χ0v) is 15.7. The van der Waals surface area contributed by atoms with Gasteiger partial charge in [-0.1, -0.05) is 37.3 Å². The van der Waals surface area contributed by atoms with Crippen LogP contribution >= 0.6 is 0 Å². The number of fused-ring (bicyclic) bond motifs is 1. The number of aryl methyl sites for hydroxylation is 1. The predicted molar refractivity (Wildman–Crippen MR) is 104 cm³/mol. The fraction of sp³-hybridized carbons (Fsp3) is 0.273. The van der Waals surface area contributed by atoms with Crippen LogP contribution in [0.2, 0.25) is 0 Å². The van der Waals surface area contributed by atoms with Gasteiger partial charge in [-0.15, -0.1) is 0 Å². The highest BCUT2D eigenvalue weighted by Gasteiger charge is 2.19. The Kier molecular flexibility index (Phi) is 5.60. The van der Waals surface area contributed by atoms with Crippen molar-refractivity contribution >= 4 is 16.9 Å². The third kappa shape index (κ3) is 4.03. The van der Waals surface area contributed by atoms with Crippen LogP contribution in [0.4, 0.5) is 0 Å². The van der Waals surface area contributed by atoms with Crippen LogP contribution in [0.1, 0.15) is 25.8 Å². The lowest BCUT2D eigenvalue weighted by molar-refractivity contribution is -0.151. The Morgan fingerprint density at radius 1 is 1.15 bits per heavy atom. The van der Waals surface area contributed by atoms with Gasteiger partial charge in [-0.2, -0.15) is 0 Å². The molecule has 0 spiro atoms. The first-order valence-electron chi connectivity index (χ1n) is 8.97. The van der Waals surface area contributed by atoms with Gasteiger partial charge in [0.15, 0.2) is 6.10 Å². The second-order valence-electron chi connectivity index (χ2n) is 6.34. The van der Waals surface area contributed by atoms with Gasteiger partial charge in [-0.25, -0.2) is 9.59 Å². The van der Waals surface area contributed by atoms with E-state index in [-0.39, 0.29) is 0 Å². The summed E-state index contributed by atoms with van der Waals surface area (Å²) in [6, 6.07) is 14.8. The van der Waals surface area contributed by atoms with Gasteiger partial charge in [0.2, 0.25) is 0 Å². The Labute approximate surface area is 157 Å². The minimum absolute atomic E-state index is 0.360. The van der Waals surface area contributed by atoms with Crippen molar-refractivity contribution < 1.29 is 18.7 Å². The van der Waals surface area contributed by atoms with Crippen LogP contribution in [0.5, 0.6) is 5.75 Å². The summed E-state index contributed by atoms with van der Waals surface area (Å²) in [5, 5.41) is 0.812. The third-order valence-corrected chi connectivity index (χ3v) is 4.28. The van der Waals surface area contributed by atoms with Crippen molar-refractivity contribution in [2.45, 2.75) is 33.3 Å². The van der Waals surface area contributed by atoms with Crippen LogP contribution in [-0.2, 0) is 9.53 Å². The maximum absolute atomic E-state index is 12.1. The van der Waals surface area contributed by atoms with Crippen molar-refractivity contribution in [1.29, 1.82) is 0 Å². The van der Waals surface area contributed by atoms with Gasteiger partial charge in [-0.3, -0.25) is 0 Å². The summed E-state index contributed by atoms with van der Waals surface area (Å²) in [6.07, 6.45) is -0.00215. The third-order valence-electron chi connectivity index (χ3n) is 4.28. The number of ether oxygens (including phenoxy) is 2. The fourth-order valence-electron chi connectivity index (χ4n) is 2.89. The van der Waals surface area contributed by atoms with Crippen molar-refractivity contribution in [3.8, 4) is 16.9 Å². The van der Waals surface area contributed by atoms with Crippen LogP contribution in [-0.4, -0.2) is 18.7 Å². The summed E-state index contributed by atoms with van der Waals surface area (Å²) in [4.78, 5) is 24.1. The van der Waals surface area contributed by atoms with Crippen molar-refractivity contribution in [2.24, 2.45) is 0 Å². The smallest absolute Gasteiger partial charge is 0.347 e. The summed E-state index contributed by atoms with van der Waals surface area (Å²) in [6.45, 7) is 5.73. The normalized spacial score (nSPS) is 12.0. The van der Waals surface area contributed by atoms with E-state index in [1.165, 1.54) is 6.07 Å². The number of esters is 1. The van der Waals surface area contributed by atoms with Gasteiger partial charge >= 0.3 is 11.6 Å². The second kappa shape index (κ2) is 8.08. The molecule has 0 aliphatic carbocycles. The van der Waals surface area contributed by atoms with Gasteiger partial charge in [0.25, 0.3) is 0 Å². The highest BCUT2D eigenvalue weighted by molar-refractivity contribution is 5.95. The molecule has 5 heteroatoms. The van der Waals surface area contributed by atoms with E-state index in [1.54, 1.807) is 19.9 Å². The molecule has 3 rings (SSSR count). The van der Waals surface area contributed by atoms with Crippen molar-refractivity contribution in [3.05, 3.63) is 64.5 Å². The Bertz CT molecular complexity index is 1000. The number of carbonyl (C=O) groups excluding carboxylic acids is 1. The van der Waals surface area contributed by atoms with E-state index in [0.717, 1.165) is 22.9 Å². The van der Waals surface area contributed by atoms with Crippen molar-refractivity contribution in [3.63, 3.8) is 0 Å². The lowest BCUT2D eigenvalue weighted by atomic mass is 10.00. The number of benzene rings is 2. The number of carbonyl (C=O) groups is 1. The molecule has 0 saturated heterocycles. The summed E-state index contributed by atoms with van der Waals surface area (Å²) in [7, 11) is 0. The van der Waals surface area contributed by atoms with Crippen LogP contribution in [0.25, 0.3) is 22.1 Å². The topological polar surface area (TPSA) is 65.7 Å². The molecule has 0 aliphatic rings. The van der Waals surface area contributed by atoms with E-state index in [1.807, 2.05) is 43.3 Å². The first-order chi connectivity index (χ1) is 13.0. The molecule has 140 valence electrons. The zero-order valence-electron chi connectivity index (χ0n) is 15.7. The Hall–Kier alpha value is -3.08. The van der Waals surface area contributed by atoms with Gasteiger partial charge < -0.3 is 13.9 Å². The highest BCUT2D eigenvalue weighted by atomic mass is 16.6. The van der Waals surface area contributed by atoms with E-state index < -0.39 is 17.7 Å². The average molecular weight is 366 g/mol. The molecule has 0 fully saturated rings. The molecular formula is C22H22O5. The Balaban J connectivity index is 2.01. The number of hydrogen-bond donors (Lipinski definition) is 0. The van der Waals surface area contributed by atoms with Gasteiger partial charge in [0.05, 0.1) is 6.61 Å². The molecule has 0 amide bonds. The standard InChI is InChI=1S/C22H22O5/c1-4-12-25-22(24)15(3)26-19-11-10-17-18(16-8-6-5-7-9-16)13-20(23)27-21(17)14(19)2/h5-11,13,15H,4,12H2,1-3H3/t15-/m0/s1. The zero-order chi connectivity index (χ0) is 19.4. The molecule has 0 bridgehead atoms. The maximum Gasteiger partial charge on any atom is 0.347 e. The number of hydrogen-bond acceptors (Lipinski definition) is 5.